The molecule has 0 spiro atoms. The Labute approximate surface area is 175 Å². The number of hydrogen-bond acceptors (Lipinski definition) is 6. The number of hydrazine groups is 1. The predicted octanol–water partition coefficient (Wildman–Crippen LogP) is 3.16. The lowest BCUT2D eigenvalue weighted by atomic mass is 10.1. The second-order valence-electron chi connectivity index (χ2n) is 5.62. The average Bonchev–Trinajstić information content (AvgIpc) is 2.69. The van der Waals surface area contributed by atoms with Gasteiger partial charge in [-0.15, -0.1) is 4.83 Å². The van der Waals surface area contributed by atoms with Crippen molar-refractivity contribution in [3.63, 3.8) is 0 Å². The fourth-order valence-corrected chi connectivity index (χ4v) is 3.54. The van der Waals surface area contributed by atoms with Crippen LogP contribution in [0.3, 0.4) is 0 Å². The fourth-order valence-electron chi connectivity index (χ4n) is 2.40. The SMILES string of the molecule is CCOc1cc(C(=O)NNS(=O)(=O)c2cccc(Cl)c2)cc(OCC)c1OCC. The summed E-state index contributed by atoms with van der Waals surface area (Å²) in [5.74, 6) is 0.333. The lowest BCUT2D eigenvalue weighted by Crippen LogP contribution is -2.41. The Balaban J connectivity index is 2.27. The third kappa shape index (κ3) is 5.99. The molecule has 1 amide bonds. The third-order valence-corrected chi connectivity index (χ3v) is 5.06. The Morgan fingerprint density at radius 3 is 2.07 bits per heavy atom. The molecule has 2 N–H and O–H groups in total. The first-order valence-electron chi connectivity index (χ1n) is 8.96. The van der Waals surface area contributed by atoms with E-state index >= 15 is 0 Å². The highest BCUT2D eigenvalue weighted by Crippen LogP contribution is 2.39. The van der Waals surface area contributed by atoms with E-state index in [0.717, 1.165) is 0 Å². The standard InChI is InChI=1S/C19H23ClN2O6S/c1-4-26-16-10-13(11-17(27-5-2)18(16)28-6-3)19(23)21-22-29(24,25)15-9-7-8-14(20)12-15/h7-12,22H,4-6H2,1-3H3,(H,21,23). The maximum atomic E-state index is 12.6. The molecule has 2 aromatic carbocycles. The van der Waals surface area contributed by atoms with Crippen molar-refractivity contribution in [2.45, 2.75) is 25.7 Å². The quantitative estimate of drug-likeness (QED) is 0.548. The number of amides is 1. The molecule has 158 valence electrons. The van der Waals surface area contributed by atoms with Gasteiger partial charge in [0.05, 0.1) is 24.7 Å². The Bertz CT molecular complexity index is 938. The summed E-state index contributed by atoms with van der Waals surface area (Å²) in [7, 11) is -4.00. The number of ether oxygens (including phenoxy) is 3. The largest absolute Gasteiger partial charge is 0.490 e. The van der Waals surface area contributed by atoms with Gasteiger partial charge in [-0.05, 0) is 51.1 Å². The van der Waals surface area contributed by atoms with Crippen LogP contribution in [0.4, 0.5) is 0 Å². The highest BCUT2D eigenvalue weighted by molar-refractivity contribution is 7.89. The highest BCUT2D eigenvalue weighted by atomic mass is 35.5. The molecule has 0 fully saturated rings. The lowest BCUT2D eigenvalue weighted by Gasteiger charge is -2.17. The van der Waals surface area contributed by atoms with Crippen LogP contribution in [-0.4, -0.2) is 34.1 Å². The van der Waals surface area contributed by atoms with E-state index in [9.17, 15) is 13.2 Å². The van der Waals surface area contributed by atoms with Crippen molar-refractivity contribution in [2.75, 3.05) is 19.8 Å². The smallest absolute Gasteiger partial charge is 0.266 e. The molecule has 0 atom stereocenters. The minimum absolute atomic E-state index is 0.0815. The van der Waals surface area contributed by atoms with E-state index < -0.39 is 15.9 Å². The van der Waals surface area contributed by atoms with Gasteiger partial charge >= 0.3 is 0 Å². The molecule has 0 aliphatic rings. The fraction of sp³-hybridized carbons (Fsp3) is 0.316. The van der Waals surface area contributed by atoms with E-state index in [1.165, 1.54) is 30.3 Å². The molecule has 29 heavy (non-hydrogen) atoms. The van der Waals surface area contributed by atoms with Crippen LogP contribution in [0, 0.1) is 0 Å². The minimum Gasteiger partial charge on any atom is -0.490 e. The van der Waals surface area contributed by atoms with E-state index in [4.69, 9.17) is 25.8 Å². The molecule has 10 heteroatoms. The number of benzene rings is 2. The van der Waals surface area contributed by atoms with Crippen molar-refractivity contribution in [1.82, 2.24) is 10.3 Å². The topological polar surface area (TPSA) is 103 Å². The van der Waals surface area contributed by atoms with Crippen LogP contribution in [0.2, 0.25) is 5.02 Å². The molecule has 2 rings (SSSR count). The number of carbonyl (C=O) groups is 1. The number of carbonyl (C=O) groups excluding carboxylic acids is 1. The van der Waals surface area contributed by atoms with Crippen LogP contribution in [0.15, 0.2) is 41.3 Å². The summed E-state index contributed by atoms with van der Waals surface area (Å²) in [4.78, 5) is 14.5. The minimum atomic E-state index is -4.00. The van der Waals surface area contributed by atoms with Crippen LogP contribution in [-0.2, 0) is 10.0 Å². The summed E-state index contributed by atoms with van der Waals surface area (Å²) in [6.45, 7) is 6.47. The number of rotatable bonds is 10. The first-order valence-corrected chi connectivity index (χ1v) is 10.8. The Morgan fingerprint density at radius 2 is 1.55 bits per heavy atom. The first kappa shape index (κ1) is 22.8. The van der Waals surface area contributed by atoms with Gasteiger partial charge in [-0.25, -0.2) is 8.42 Å². The van der Waals surface area contributed by atoms with Gasteiger partial charge in [-0.2, -0.15) is 0 Å². The molecule has 0 aliphatic carbocycles. The molecule has 0 bridgehead atoms. The van der Waals surface area contributed by atoms with Crippen LogP contribution in [0.1, 0.15) is 31.1 Å². The molecular weight excluding hydrogens is 420 g/mol. The molecule has 2 aromatic rings. The zero-order valence-corrected chi connectivity index (χ0v) is 17.9. The number of sulfonamides is 1. The summed E-state index contributed by atoms with van der Waals surface area (Å²) >= 11 is 5.83. The lowest BCUT2D eigenvalue weighted by molar-refractivity contribution is 0.0944. The zero-order valence-electron chi connectivity index (χ0n) is 16.3. The van der Waals surface area contributed by atoms with Crippen LogP contribution in [0.5, 0.6) is 17.2 Å². The van der Waals surface area contributed by atoms with Crippen LogP contribution >= 0.6 is 11.6 Å². The normalized spacial score (nSPS) is 11.0. The summed E-state index contributed by atoms with van der Waals surface area (Å²) < 4.78 is 41.4. The maximum Gasteiger partial charge on any atom is 0.266 e. The van der Waals surface area contributed by atoms with E-state index in [2.05, 4.69) is 5.43 Å². The molecule has 0 aromatic heterocycles. The van der Waals surface area contributed by atoms with E-state index in [-0.39, 0.29) is 15.5 Å². The van der Waals surface area contributed by atoms with Gasteiger partial charge < -0.3 is 14.2 Å². The highest BCUT2D eigenvalue weighted by Gasteiger charge is 2.20. The second-order valence-corrected chi connectivity index (χ2v) is 7.74. The van der Waals surface area contributed by atoms with Crippen molar-refractivity contribution in [3.05, 3.63) is 47.0 Å². The Hall–Kier alpha value is -2.49. The van der Waals surface area contributed by atoms with Gasteiger partial charge in [-0.3, -0.25) is 10.2 Å². The number of nitrogens with one attached hydrogen (secondary N) is 2. The van der Waals surface area contributed by atoms with Crippen LogP contribution in [0.25, 0.3) is 0 Å². The van der Waals surface area contributed by atoms with E-state index in [1.807, 2.05) is 11.8 Å². The Morgan fingerprint density at radius 1 is 0.966 bits per heavy atom. The zero-order chi connectivity index (χ0) is 21.4. The van der Waals surface area contributed by atoms with E-state index in [1.54, 1.807) is 19.9 Å². The molecule has 0 unspecified atom stereocenters. The molecule has 0 aliphatic heterocycles. The van der Waals surface area contributed by atoms with Crippen LogP contribution < -0.4 is 24.5 Å². The summed E-state index contributed by atoms with van der Waals surface area (Å²) in [6.07, 6.45) is 0. The predicted molar refractivity (Wildman–Crippen MR) is 109 cm³/mol. The summed E-state index contributed by atoms with van der Waals surface area (Å²) in [5.41, 5.74) is 2.31. The van der Waals surface area contributed by atoms with Gasteiger partial charge in [0.25, 0.3) is 15.9 Å². The average molecular weight is 443 g/mol. The number of hydrogen-bond donors (Lipinski definition) is 2. The molecule has 0 heterocycles. The van der Waals surface area contributed by atoms with Crippen molar-refractivity contribution >= 4 is 27.5 Å². The van der Waals surface area contributed by atoms with Gasteiger partial charge in [-0.1, -0.05) is 17.7 Å². The van der Waals surface area contributed by atoms with Gasteiger partial charge in [0.1, 0.15) is 0 Å². The van der Waals surface area contributed by atoms with Gasteiger partial charge in [0, 0.05) is 10.6 Å². The second kappa shape index (κ2) is 10.3. The first-order chi connectivity index (χ1) is 13.8. The number of halogens is 1. The van der Waals surface area contributed by atoms with Crippen molar-refractivity contribution in [1.29, 1.82) is 0 Å². The summed E-state index contributed by atoms with van der Waals surface area (Å²) in [6, 6.07) is 8.59. The van der Waals surface area contributed by atoms with Crippen molar-refractivity contribution in [3.8, 4) is 17.2 Å². The Kier molecular flexibility index (Phi) is 8.12. The molecule has 0 saturated heterocycles. The maximum absolute atomic E-state index is 12.6. The third-order valence-electron chi connectivity index (χ3n) is 3.58. The van der Waals surface area contributed by atoms with Gasteiger partial charge in [0.15, 0.2) is 11.5 Å². The van der Waals surface area contributed by atoms with E-state index in [0.29, 0.717) is 37.1 Å². The molecule has 0 saturated carbocycles. The molecule has 0 radical (unpaired) electrons. The summed E-state index contributed by atoms with van der Waals surface area (Å²) in [5, 5.41) is 0.258. The van der Waals surface area contributed by atoms with Gasteiger partial charge in [0.2, 0.25) is 5.75 Å². The van der Waals surface area contributed by atoms with Crippen molar-refractivity contribution in [2.24, 2.45) is 0 Å². The van der Waals surface area contributed by atoms with Crippen molar-refractivity contribution < 1.29 is 27.4 Å². The molecular formula is C19H23ClN2O6S. The molecule has 8 nitrogen and oxygen atoms in total. The monoisotopic (exact) mass is 442 g/mol.